The van der Waals surface area contributed by atoms with Gasteiger partial charge in [0, 0.05) is 34.7 Å². The van der Waals surface area contributed by atoms with Crippen LogP contribution in [0.1, 0.15) is 41.3 Å². The standard InChI is InChI=1S/C21H21FN6/c1-13(20-26-11-17(14-8-9-14)19(23)27-20)16-6-4-10-25-21(16)28(24)12-15-5-2-3-7-18(15)22/h2-7,10-11,14H,1,8-9,12,24H2,(H2,23,26,27). The normalized spacial score (nSPS) is 13.4. The zero-order chi connectivity index (χ0) is 19.7. The van der Waals surface area contributed by atoms with E-state index >= 15 is 0 Å². The van der Waals surface area contributed by atoms with E-state index in [4.69, 9.17) is 11.6 Å². The lowest BCUT2D eigenvalue weighted by atomic mass is 10.1. The summed E-state index contributed by atoms with van der Waals surface area (Å²) in [6.45, 7) is 4.28. The molecule has 0 atom stereocenters. The summed E-state index contributed by atoms with van der Waals surface area (Å²) in [7, 11) is 0. The molecule has 6 nitrogen and oxygen atoms in total. The molecule has 3 aromatic rings. The summed E-state index contributed by atoms with van der Waals surface area (Å²) in [5.41, 5.74) is 8.80. The van der Waals surface area contributed by atoms with Crippen LogP contribution in [-0.4, -0.2) is 15.0 Å². The molecule has 0 spiro atoms. The predicted octanol–water partition coefficient (Wildman–Crippen LogP) is 3.41. The van der Waals surface area contributed by atoms with Gasteiger partial charge in [0.15, 0.2) is 11.6 Å². The lowest BCUT2D eigenvalue weighted by molar-refractivity contribution is 0.605. The number of halogens is 1. The van der Waals surface area contributed by atoms with Gasteiger partial charge >= 0.3 is 0 Å². The molecule has 1 aromatic carbocycles. The smallest absolute Gasteiger partial charge is 0.161 e. The third kappa shape index (κ3) is 3.57. The molecule has 1 fully saturated rings. The van der Waals surface area contributed by atoms with Crippen LogP contribution in [0.3, 0.4) is 0 Å². The van der Waals surface area contributed by atoms with Crippen molar-refractivity contribution in [1.29, 1.82) is 0 Å². The van der Waals surface area contributed by atoms with Crippen LogP contribution in [0.4, 0.5) is 16.0 Å². The van der Waals surface area contributed by atoms with Gasteiger partial charge in [0.1, 0.15) is 11.6 Å². The van der Waals surface area contributed by atoms with Crippen molar-refractivity contribution in [3.8, 4) is 0 Å². The van der Waals surface area contributed by atoms with Crippen LogP contribution in [0.15, 0.2) is 55.4 Å². The average molecular weight is 376 g/mol. The number of aromatic nitrogens is 3. The third-order valence-electron chi connectivity index (χ3n) is 4.82. The van der Waals surface area contributed by atoms with Crippen LogP contribution in [0, 0.1) is 5.82 Å². The fraction of sp³-hybridized carbons (Fsp3) is 0.190. The molecule has 0 amide bonds. The first-order chi connectivity index (χ1) is 13.5. The molecular weight excluding hydrogens is 355 g/mol. The Morgan fingerprint density at radius 1 is 1.18 bits per heavy atom. The zero-order valence-electron chi connectivity index (χ0n) is 15.3. The Kier molecular flexibility index (Phi) is 4.75. The molecule has 0 aliphatic heterocycles. The molecule has 2 heterocycles. The third-order valence-corrected chi connectivity index (χ3v) is 4.82. The Morgan fingerprint density at radius 3 is 2.68 bits per heavy atom. The minimum absolute atomic E-state index is 0.160. The van der Waals surface area contributed by atoms with Crippen molar-refractivity contribution in [2.24, 2.45) is 5.84 Å². The molecule has 4 N–H and O–H groups in total. The van der Waals surface area contributed by atoms with E-state index in [2.05, 4.69) is 21.5 Å². The number of hydrogen-bond donors (Lipinski definition) is 2. The van der Waals surface area contributed by atoms with E-state index < -0.39 is 0 Å². The van der Waals surface area contributed by atoms with Gasteiger partial charge in [0.25, 0.3) is 0 Å². The summed E-state index contributed by atoms with van der Waals surface area (Å²) < 4.78 is 14.0. The molecule has 0 bridgehead atoms. The van der Waals surface area contributed by atoms with Crippen molar-refractivity contribution in [1.82, 2.24) is 15.0 Å². The number of rotatable bonds is 6. The van der Waals surface area contributed by atoms with Crippen LogP contribution in [-0.2, 0) is 6.54 Å². The molecule has 2 aromatic heterocycles. The topological polar surface area (TPSA) is 93.9 Å². The fourth-order valence-electron chi connectivity index (χ4n) is 3.13. The lowest BCUT2D eigenvalue weighted by Gasteiger charge is -2.21. The lowest BCUT2D eigenvalue weighted by Crippen LogP contribution is -2.32. The Hall–Kier alpha value is -3.32. The monoisotopic (exact) mass is 376 g/mol. The minimum atomic E-state index is -0.318. The van der Waals surface area contributed by atoms with Gasteiger partial charge in [-0.3, -0.25) is 5.01 Å². The van der Waals surface area contributed by atoms with Crippen molar-refractivity contribution >= 4 is 17.2 Å². The average Bonchev–Trinajstić information content (AvgIpc) is 3.54. The van der Waals surface area contributed by atoms with E-state index in [9.17, 15) is 4.39 Å². The van der Waals surface area contributed by atoms with Gasteiger partial charge in [-0.1, -0.05) is 24.8 Å². The predicted molar refractivity (Wildman–Crippen MR) is 108 cm³/mol. The molecule has 1 aliphatic carbocycles. The maximum Gasteiger partial charge on any atom is 0.161 e. The molecule has 0 unspecified atom stereocenters. The molecule has 0 saturated heterocycles. The first-order valence-corrected chi connectivity index (χ1v) is 9.07. The van der Waals surface area contributed by atoms with E-state index in [1.807, 2.05) is 6.07 Å². The molecule has 1 saturated carbocycles. The van der Waals surface area contributed by atoms with Crippen LogP contribution >= 0.6 is 0 Å². The van der Waals surface area contributed by atoms with E-state index in [-0.39, 0.29) is 12.4 Å². The highest BCUT2D eigenvalue weighted by Crippen LogP contribution is 2.42. The molecule has 28 heavy (non-hydrogen) atoms. The van der Waals surface area contributed by atoms with Gasteiger partial charge in [0.2, 0.25) is 0 Å². The van der Waals surface area contributed by atoms with Crippen LogP contribution in [0.25, 0.3) is 5.57 Å². The number of hydrogen-bond acceptors (Lipinski definition) is 6. The maximum absolute atomic E-state index is 14.0. The molecular formula is C21H21FN6. The van der Waals surface area contributed by atoms with Crippen LogP contribution < -0.4 is 16.6 Å². The van der Waals surface area contributed by atoms with Gasteiger partial charge in [-0.05, 0) is 37.0 Å². The van der Waals surface area contributed by atoms with Crippen molar-refractivity contribution in [2.75, 3.05) is 10.7 Å². The molecule has 142 valence electrons. The Balaban J connectivity index is 1.62. The summed E-state index contributed by atoms with van der Waals surface area (Å²) in [6.07, 6.45) is 5.65. The highest BCUT2D eigenvalue weighted by molar-refractivity contribution is 5.81. The highest BCUT2D eigenvalue weighted by atomic mass is 19.1. The highest BCUT2D eigenvalue weighted by Gasteiger charge is 2.27. The van der Waals surface area contributed by atoms with Gasteiger partial charge < -0.3 is 5.73 Å². The first-order valence-electron chi connectivity index (χ1n) is 9.07. The Morgan fingerprint density at radius 2 is 1.96 bits per heavy atom. The second kappa shape index (κ2) is 7.36. The van der Waals surface area contributed by atoms with Gasteiger partial charge in [-0.15, -0.1) is 0 Å². The fourth-order valence-corrected chi connectivity index (χ4v) is 3.13. The number of nitrogen functional groups attached to an aromatic ring is 1. The summed E-state index contributed by atoms with van der Waals surface area (Å²) in [6, 6.07) is 10.1. The van der Waals surface area contributed by atoms with Crippen molar-refractivity contribution in [2.45, 2.75) is 25.3 Å². The minimum Gasteiger partial charge on any atom is -0.383 e. The van der Waals surface area contributed by atoms with Crippen molar-refractivity contribution in [3.63, 3.8) is 0 Å². The number of nitrogens with two attached hydrogens (primary N) is 2. The van der Waals surface area contributed by atoms with E-state index in [1.165, 1.54) is 11.1 Å². The summed E-state index contributed by atoms with van der Waals surface area (Å²) in [5.74, 6) is 7.73. The van der Waals surface area contributed by atoms with Crippen molar-refractivity contribution < 1.29 is 4.39 Å². The number of pyridine rings is 1. The van der Waals surface area contributed by atoms with Gasteiger partial charge in [0.05, 0.1) is 6.54 Å². The van der Waals surface area contributed by atoms with E-state index in [0.29, 0.717) is 40.1 Å². The molecule has 0 radical (unpaired) electrons. The number of nitrogens with zero attached hydrogens (tertiary/aromatic N) is 4. The second-order valence-electron chi connectivity index (χ2n) is 6.88. The molecule has 7 heteroatoms. The van der Waals surface area contributed by atoms with E-state index in [0.717, 1.165) is 18.4 Å². The van der Waals surface area contributed by atoms with Gasteiger partial charge in [-0.25, -0.2) is 25.2 Å². The Bertz CT molecular complexity index is 1030. The number of hydrazine groups is 1. The summed E-state index contributed by atoms with van der Waals surface area (Å²) in [4.78, 5) is 13.2. The van der Waals surface area contributed by atoms with Gasteiger partial charge in [-0.2, -0.15) is 0 Å². The number of anilines is 2. The summed E-state index contributed by atoms with van der Waals surface area (Å²) >= 11 is 0. The van der Waals surface area contributed by atoms with Crippen LogP contribution in [0.2, 0.25) is 0 Å². The summed E-state index contributed by atoms with van der Waals surface area (Å²) in [5, 5.41) is 1.39. The van der Waals surface area contributed by atoms with Crippen molar-refractivity contribution in [3.05, 3.63) is 83.7 Å². The molecule has 1 aliphatic rings. The SMILES string of the molecule is C=C(c1ncc(C2CC2)c(N)n1)c1cccnc1N(N)Cc1ccccc1F. The quantitative estimate of drug-likeness (QED) is 0.506. The maximum atomic E-state index is 14.0. The largest absolute Gasteiger partial charge is 0.383 e. The number of benzene rings is 1. The van der Waals surface area contributed by atoms with E-state index in [1.54, 1.807) is 36.7 Å². The molecule has 4 rings (SSSR count). The van der Waals surface area contributed by atoms with Crippen LogP contribution in [0.5, 0.6) is 0 Å². The zero-order valence-corrected chi connectivity index (χ0v) is 15.3. The first kappa shape index (κ1) is 18.1. The second-order valence-corrected chi connectivity index (χ2v) is 6.88. The Labute approximate surface area is 162 Å².